The van der Waals surface area contributed by atoms with Crippen molar-refractivity contribution in [3.05, 3.63) is 45.0 Å². The average molecular weight is 377 g/mol. The third kappa shape index (κ3) is 4.12. The number of ether oxygens (including phenoxy) is 1. The molecule has 0 saturated heterocycles. The highest BCUT2D eigenvalue weighted by Crippen LogP contribution is 2.18. The van der Waals surface area contributed by atoms with E-state index in [-0.39, 0.29) is 29.7 Å². The number of nitrogens with one attached hydrogen (secondary N) is 1. The van der Waals surface area contributed by atoms with Gasteiger partial charge < -0.3 is 10.1 Å². The molecule has 25 heavy (non-hydrogen) atoms. The third-order valence-corrected chi connectivity index (χ3v) is 5.07. The van der Waals surface area contributed by atoms with E-state index >= 15 is 0 Å². The number of benzene rings is 1. The summed E-state index contributed by atoms with van der Waals surface area (Å²) >= 11 is 2.33. The quantitative estimate of drug-likeness (QED) is 0.666. The van der Waals surface area contributed by atoms with Crippen molar-refractivity contribution >= 4 is 49.9 Å². The number of fused-ring (bicyclic) bond motifs is 1. The molecule has 2 heterocycles. The van der Waals surface area contributed by atoms with Crippen molar-refractivity contribution in [3.8, 4) is 0 Å². The molecule has 9 heteroatoms. The first-order valence-electron chi connectivity index (χ1n) is 7.55. The molecule has 0 bridgehead atoms. The van der Waals surface area contributed by atoms with Gasteiger partial charge in [-0.05, 0) is 19.1 Å². The molecule has 0 aliphatic rings. The Balaban J connectivity index is 1.67. The lowest BCUT2D eigenvalue weighted by atomic mass is 10.3. The molecule has 2 aromatic heterocycles. The Morgan fingerprint density at radius 1 is 1.32 bits per heavy atom. The summed E-state index contributed by atoms with van der Waals surface area (Å²) in [6.45, 7) is 1.96. The number of esters is 1. The number of para-hydroxylation sites is 1. The highest BCUT2D eigenvalue weighted by atomic mass is 32.1. The minimum Gasteiger partial charge on any atom is -0.466 e. The van der Waals surface area contributed by atoms with Gasteiger partial charge in [-0.3, -0.25) is 19.0 Å². The van der Waals surface area contributed by atoms with Gasteiger partial charge in [-0.1, -0.05) is 23.5 Å². The summed E-state index contributed by atoms with van der Waals surface area (Å²) in [7, 11) is 0. The first-order valence-corrected chi connectivity index (χ1v) is 9.24. The van der Waals surface area contributed by atoms with E-state index in [0.717, 1.165) is 21.6 Å². The molecular weight excluding hydrogens is 362 g/mol. The number of aromatic nitrogens is 2. The number of carbonyl (C=O) groups excluding carboxylic acids is 2. The van der Waals surface area contributed by atoms with E-state index in [4.69, 9.17) is 4.74 Å². The predicted molar refractivity (Wildman–Crippen MR) is 97.2 cm³/mol. The van der Waals surface area contributed by atoms with Crippen LogP contribution in [0.5, 0.6) is 0 Å². The molecular formula is C16H15N3O4S2. The Morgan fingerprint density at radius 2 is 2.12 bits per heavy atom. The van der Waals surface area contributed by atoms with Crippen LogP contribution in [0, 0.1) is 0 Å². The number of thiazole rings is 2. The summed E-state index contributed by atoms with van der Waals surface area (Å²) in [5.41, 5.74) is 1.27. The van der Waals surface area contributed by atoms with E-state index in [1.54, 1.807) is 18.4 Å². The van der Waals surface area contributed by atoms with Crippen molar-refractivity contribution in [1.82, 2.24) is 9.55 Å². The molecule has 0 aliphatic carbocycles. The molecule has 0 aliphatic heterocycles. The molecule has 1 N–H and O–H groups in total. The topological polar surface area (TPSA) is 90.3 Å². The Morgan fingerprint density at radius 3 is 2.92 bits per heavy atom. The highest BCUT2D eigenvalue weighted by molar-refractivity contribution is 7.16. The maximum atomic E-state index is 12.2. The van der Waals surface area contributed by atoms with E-state index in [1.165, 1.54) is 15.9 Å². The summed E-state index contributed by atoms with van der Waals surface area (Å²) in [4.78, 5) is 39.7. The fraction of sp³-hybridized carbons (Fsp3) is 0.250. The fourth-order valence-electron chi connectivity index (χ4n) is 2.27. The minimum atomic E-state index is -0.359. The van der Waals surface area contributed by atoms with Crippen molar-refractivity contribution in [2.24, 2.45) is 0 Å². The Hall–Kier alpha value is -2.52. The van der Waals surface area contributed by atoms with Gasteiger partial charge in [-0.2, -0.15) is 0 Å². The lowest BCUT2D eigenvalue weighted by molar-refractivity contribution is -0.142. The second-order valence-electron chi connectivity index (χ2n) is 5.10. The molecule has 1 aromatic carbocycles. The number of hydrogen-bond donors (Lipinski definition) is 1. The van der Waals surface area contributed by atoms with Crippen LogP contribution in [0.25, 0.3) is 10.2 Å². The lowest BCUT2D eigenvalue weighted by Gasteiger charge is -2.03. The van der Waals surface area contributed by atoms with Gasteiger partial charge in [0.25, 0.3) is 0 Å². The predicted octanol–water partition coefficient (Wildman–Crippen LogP) is 2.26. The molecule has 0 unspecified atom stereocenters. The highest BCUT2D eigenvalue weighted by Gasteiger charge is 2.13. The molecule has 3 rings (SSSR count). The molecule has 7 nitrogen and oxygen atoms in total. The largest absolute Gasteiger partial charge is 0.466 e. The number of amides is 1. The van der Waals surface area contributed by atoms with Gasteiger partial charge in [-0.15, -0.1) is 11.3 Å². The molecule has 0 radical (unpaired) electrons. The van der Waals surface area contributed by atoms with Crippen molar-refractivity contribution in [1.29, 1.82) is 0 Å². The maximum Gasteiger partial charge on any atom is 0.311 e. The van der Waals surface area contributed by atoms with Gasteiger partial charge in [-0.25, -0.2) is 4.98 Å². The summed E-state index contributed by atoms with van der Waals surface area (Å²) in [5, 5.41) is 4.74. The summed E-state index contributed by atoms with van der Waals surface area (Å²) in [6.07, 6.45) is 0.0643. The molecule has 0 spiro atoms. The second kappa shape index (κ2) is 7.58. The number of anilines is 1. The average Bonchev–Trinajstić information content (AvgIpc) is 3.12. The van der Waals surface area contributed by atoms with E-state index in [1.807, 2.05) is 18.2 Å². The zero-order valence-corrected chi connectivity index (χ0v) is 15.0. The van der Waals surface area contributed by atoms with Crippen LogP contribution in [0.15, 0.2) is 34.4 Å². The number of carbonyl (C=O) groups is 2. The minimum absolute atomic E-state index is 0.0643. The Kier molecular flexibility index (Phi) is 5.25. The summed E-state index contributed by atoms with van der Waals surface area (Å²) < 4.78 is 7.13. The van der Waals surface area contributed by atoms with Gasteiger partial charge in [0.2, 0.25) is 5.91 Å². The molecule has 0 atom stereocenters. The molecule has 0 fully saturated rings. The van der Waals surface area contributed by atoms with Crippen LogP contribution in [-0.2, 0) is 27.3 Å². The van der Waals surface area contributed by atoms with E-state index in [9.17, 15) is 14.4 Å². The normalized spacial score (nSPS) is 10.8. The van der Waals surface area contributed by atoms with Crippen molar-refractivity contribution in [2.45, 2.75) is 19.9 Å². The Bertz CT molecular complexity index is 973. The van der Waals surface area contributed by atoms with Gasteiger partial charge in [0.15, 0.2) is 5.13 Å². The van der Waals surface area contributed by atoms with E-state index in [2.05, 4.69) is 10.3 Å². The van der Waals surface area contributed by atoms with E-state index in [0.29, 0.717) is 17.4 Å². The van der Waals surface area contributed by atoms with Crippen molar-refractivity contribution in [2.75, 3.05) is 11.9 Å². The third-order valence-electron chi connectivity index (χ3n) is 3.30. The van der Waals surface area contributed by atoms with Crippen LogP contribution < -0.4 is 10.2 Å². The summed E-state index contributed by atoms with van der Waals surface area (Å²) in [6, 6.07) is 7.33. The smallest absolute Gasteiger partial charge is 0.311 e. The number of hydrogen-bond acceptors (Lipinski definition) is 7. The van der Waals surface area contributed by atoms with Gasteiger partial charge >= 0.3 is 10.8 Å². The number of rotatable bonds is 6. The van der Waals surface area contributed by atoms with Crippen LogP contribution in [0.1, 0.15) is 12.6 Å². The number of nitrogens with zero attached hydrogens (tertiary/aromatic N) is 2. The van der Waals surface area contributed by atoms with Crippen molar-refractivity contribution in [3.63, 3.8) is 0 Å². The van der Waals surface area contributed by atoms with Crippen LogP contribution in [0.3, 0.4) is 0 Å². The van der Waals surface area contributed by atoms with Gasteiger partial charge in [0.1, 0.15) is 6.54 Å². The SMILES string of the molecule is CCOC(=O)Cc1csc(NC(=O)Cn2c(=O)sc3ccccc32)n1. The molecule has 1 amide bonds. The van der Waals surface area contributed by atoms with Crippen LogP contribution >= 0.6 is 22.7 Å². The molecule has 0 saturated carbocycles. The van der Waals surface area contributed by atoms with Crippen molar-refractivity contribution < 1.29 is 14.3 Å². The second-order valence-corrected chi connectivity index (χ2v) is 6.95. The zero-order valence-electron chi connectivity index (χ0n) is 13.4. The standard InChI is InChI=1S/C16H15N3O4S2/c1-2-23-14(21)7-10-9-24-15(17-10)18-13(20)8-19-11-5-3-4-6-12(11)25-16(19)22/h3-6,9H,2,7-8H2,1H3,(H,17,18,20). The zero-order chi connectivity index (χ0) is 17.8. The van der Waals surface area contributed by atoms with Gasteiger partial charge in [0, 0.05) is 5.38 Å². The van der Waals surface area contributed by atoms with Crippen LogP contribution in [0.2, 0.25) is 0 Å². The molecule has 3 aromatic rings. The maximum absolute atomic E-state index is 12.2. The fourth-order valence-corrected chi connectivity index (χ4v) is 3.89. The first-order chi connectivity index (χ1) is 12.1. The van der Waals surface area contributed by atoms with Crippen LogP contribution in [0.4, 0.5) is 5.13 Å². The summed E-state index contributed by atoms with van der Waals surface area (Å²) in [5.74, 6) is -0.704. The molecule has 130 valence electrons. The Labute approximate surface area is 150 Å². The first kappa shape index (κ1) is 17.3. The van der Waals surface area contributed by atoms with Gasteiger partial charge in [0.05, 0.1) is 28.9 Å². The van der Waals surface area contributed by atoms with Crippen LogP contribution in [-0.4, -0.2) is 28.0 Å². The lowest BCUT2D eigenvalue weighted by Crippen LogP contribution is -2.24. The monoisotopic (exact) mass is 377 g/mol. The van der Waals surface area contributed by atoms with E-state index < -0.39 is 0 Å².